The van der Waals surface area contributed by atoms with Crippen LogP contribution in [0.1, 0.15) is 58.3 Å². The van der Waals surface area contributed by atoms with Gasteiger partial charge in [-0.3, -0.25) is 0 Å². The molecule has 0 amide bonds. The molecular formula is C16H26F3N. The van der Waals surface area contributed by atoms with Crippen molar-refractivity contribution < 1.29 is 13.2 Å². The predicted octanol–water partition coefficient (Wildman–Crippen LogP) is 4.53. The van der Waals surface area contributed by atoms with Gasteiger partial charge in [-0.05, 0) is 57.4 Å². The van der Waals surface area contributed by atoms with Gasteiger partial charge in [-0.1, -0.05) is 6.92 Å². The Morgan fingerprint density at radius 2 is 1.90 bits per heavy atom. The summed E-state index contributed by atoms with van der Waals surface area (Å²) in [4.78, 5) is 0. The summed E-state index contributed by atoms with van der Waals surface area (Å²) in [5.74, 6) is 1.92. The van der Waals surface area contributed by atoms with Crippen molar-refractivity contribution in [1.29, 1.82) is 0 Å². The average molecular weight is 289 g/mol. The van der Waals surface area contributed by atoms with E-state index in [2.05, 4.69) is 18.2 Å². The predicted molar refractivity (Wildman–Crippen MR) is 76.3 cm³/mol. The van der Waals surface area contributed by atoms with Crippen molar-refractivity contribution in [3.05, 3.63) is 0 Å². The lowest BCUT2D eigenvalue weighted by molar-refractivity contribution is -0.184. The molecule has 1 saturated carbocycles. The van der Waals surface area contributed by atoms with E-state index in [0.717, 1.165) is 32.2 Å². The Balaban J connectivity index is 2.45. The van der Waals surface area contributed by atoms with Crippen LogP contribution in [0, 0.1) is 24.2 Å². The number of unbranched alkanes of at least 4 members (excludes halogenated alkanes) is 1. The maximum Gasteiger partial charge on any atom is 0.391 e. The Hall–Kier alpha value is -0.690. The largest absolute Gasteiger partial charge is 0.391 e. The molecule has 1 N–H and O–H groups in total. The highest BCUT2D eigenvalue weighted by Crippen LogP contribution is 2.40. The number of hydrogen-bond acceptors (Lipinski definition) is 1. The van der Waals surface area contributed by atoms with Crippen molar-refractivity contribution in [3.63, 3.8) is 0 Å². The van der Waals surface area contributed by atoms with E-state index in [1.54, 1.807) is 0 Å². The highest BCUT2D eigenvalue weighted by Gasteiger charge is 2.42. The molecule has 1 aliphatic carbocycles. The van der Waals surface area contributed by atoms with Crippen molar-refractivity contribution in [2.45, 2.75) is 70.5 Å². The van der Waals surface area contributed by atoms with Crippen LogP contribution >= 0.6 is 0 Å². The molecule has 0 saturated heterocycles. The second-order valence-corrected chi connectivity index (χ2v) is 5.81. The summed E-state index contributed by atoms with van der Waals surface area (Å²) in [5, 5.41) is 3.50. The van der Waals surface area contributed by atoms with Crippen molar-refractivity contribution in [2.75, 3.05) is 6.54 Å². The number of nitrogens with one attached hydrogen (secondary N) is 1. The average Bonchev–Trinajstić information content (AvgIpc) is 2.42. The first-order valence-electron chi connectivity index (χ1n) is 7.72. The molecule has 0 spiro atoms. The van der Waals surface area contributed by atoms with Crippen LogP contribution in [0.2, 0.25) is 0 Å². The molecule has 0 aromatic rings. The Labute approximate surface area is 120 Å². The van der Waals surface area contributed by atoms with E-state index in [0.29, 0.717) is 24.8 Å². The van der Waals surface area contributed by atoms with Crippen LogP contribution in [-0.2, 0) is 0 Å². The zero-order valence-electron chi connectivity index (χ0n) is 12.3. The molecule has 1 rings (SSSR count). The second kappa shape index (κ2) is 8.56. The van der Waals surface area contributed by atoms with E-state index >= 15 is 0 Å². The number of hydrogen-bond donors (Lipinski definition) is 1. The Bertz CT molecular complexity index is 298. The molecule has 1 nitrogen and oxygen atoms in total. The normalized spacial score (nSPS) is 25.1. The van der Waals surface area contributed by atoms with Gasteiger partial charge < -0.3 is 5.32 Å². The Kier molecular flexibility index (Phi) is 7.43. The maximum atomic E-state index is 12.7. The van der Waals surface area contributed by atoms with Crippen LogP contribution in [0.25, 0.3) is 0 Å². The number of rotatable bonds is 7. The highest BCUT2D eigenvalue weighted by molar-refractivity contribution is 4.87. The van der Waals surface area contributed by atoms with Crippen molar-refractivity contribution >= 4 is 0 Å². The second-order valence-electron chi connectivity index (χ2n) is 5.81. The molecule has 0 aromatic heterocycles. The van der Waals surface area contributed by atoms with Gasteiger partial charge in [-0.25, -0.2) is 0 Å². The minimum atomic E-state index is -4.01. The van der Waals surface area contributed by atoms with E-state index in [-0.39, 0.29) is 12.8 Å². The molecule has 0 aromatic carbocycles. The molecule has 4 heteroatoms. The van der Waals surface area contributed by atoms with Gasteiger partial charge in [0.05, 0.1) is 5.92 Å². The van der Waals surface area contributed by atoms with Crippen molar-refractivity contribution in [3.8, 4) is 12.3 Å². The van der Waals surface area contributed by atoms with Gasteiger partial charge in [0.1, 0.15) is 0 Å². The summed E-state index contributed by atoms with van der Waals surface area (Å²) in [6, 6.07) is 0.331. The molecule has 0 aliphatic heterocycles. The molecule has 0 radical (unpaired) electrons. The molecular weight excluding hydrogens is 263 g/mol. The highest BCUT2D eigenvalue weighted by atomic mass is 19.4. The van der Waals surface area contributed by atoms with Crippen LogP contribution in [0.5, 0.6) is 0 Å². The monoisotopic (exact) mass is 289 g/mol. The third kappa shape index (κ3) is 5.75. The topological polar surface area (TPSA) is 12.0 Å². The third-order valence-corrected chi connectivity index (χ3v) is 4.30. The lowest BCUT2D eigenvalue weighted by Crippen LogP contribution is -2.40. The van der Waals surface area contributed by atoms with Gasteiger partial charge in [-0.2, -0.15) is 13.2 Å². The molecule has 116 valence electrons. The van der Waals surface area contributed by atoms with E-state index in [9.17, 15) is 13.2 Å². The van der Waals surface area contributed by atoms with E-state index in [4.69, 9.17) is 6.42 Å². The zero-order chi connectivity index (χ0) is 15.0. The van der Waals surface area contributed by atoms with Gasteiger partial charge in [0, 0.05) is 12.5 Å². The molecule has 0 heterocycles. The minimum absolute atomic E-state index is 0.285. The van der Waals surface area contributed by atoms with E-state index < -0.39 is 12.1 Å². The van der Waals surface area contributed by atoms with E-state index in [1.165, 1.54) is 0 Å². The molecule has 1 fully saturated rings. The molecule has 1 atom stereocenters. The fourth-order valence-electron chi connectivity index (χ4n) is 3.11. The van der Waals surface area contributed by atoms with Crippen LogP contribution in [0.15, 0.2) is 0 Å². The summed E-state index contributed by atoms with van der Waals surface area (Å²) < 4.78 is 38.0. The molecule has 0 bridgehead atoms. The smallest absolute Gasteiger partial charge is 0.314 e. The quantitative estimate of drug-likeness (QED) is 0.536. The lowest BCUT2D eigenvalue weighted by Gasteiger charge is -2.35. The van der Waals surface area contributed by atoms with E-state index in [1.807, 2.05) is 0 Å². The lowest BCUT2D eigenvalue weighted by atomic mass is 9.77. The van der Waals surface area contributed by atoms with Crippen LogP contribution in [-0.4, -0.2) is 18.8 Å². The summed E-state index contributed by atoms with van der Waals surface area (Å²) >= 11 is 0. The van der Waals surface area contributed by atoms with Gasteiger partial charge in [-0.15, -0.1) is 12.3 Å². The van der Waals surface area contributed by atoms with Crippen LogP contribution < -0.4 is 5.32 Å². The van der Waals surface area contributed by atoms with Gasteiger partial charge in [0.2, 0.25) is 0 Å². The zero-order valence-corrected chi connectivity index (χ0v) is 12.3. The summed E-state index contributed by atoms with van der Waals surface area (Å²) in [6.45, 7) is 3.03. The van der Waals surface area contributed by atoms with Gasteiger partial charge in [0.15, 0.2) is 0 Å². The molecule has 1 unspecified atom stereocenters. The van der Waals surface area contributed by atoms with Crippen LogP contribution in [0.4, 0.5) is 13.2 Å². The Morgan fingerprint density at radius 1 is 1.25 bits per heavy atom. The van der Waals surface area contributed by atoms with Crippen molar-refractivity contribution in [1.82, 2.24) is 5.32 Å². The maximum absolute atomic E-state index is 12.7. The number of alkyl halides is 3. The summed E-state index contributed by atoms with van der Waals surface area (Å²) in [7, 11) is 0. The first-order chi connectivity index (χ1) is 9.49. The van der Waals surface area contributed by atoms with Crippen LogP contribution in [0.3, 0.4) is 0 Å². The van der Waals surface area contributed by atoms with Gasteiger partial charge >= 0.3 is 6.18 Å². The number of terminal acetylenes is 1. The third-order valence-electron chi connectivity index (χ3n) is 4.30. The minimum Gasteiger partial charge on any atom is -0.314 e. The molecule has 20 heavy (non-hydrogen) atoms. The summed E-state index contributed by atoms with van der Waals surface area (Å²) in [6.07, 6.45) is 6.92. The number of halogens is 3. The fraction of sp³-hybridized carbons (Fsp3) is 0.875. The van der Waals surface area contributed by atoms with Gasteiger partial charge in [0.25, 0.3) is 0 Å². The molecule has 1 aliphatic rings. The summed E-state index contributed by atoms with van der Waals surface area (Å²) in [5.41, 5.74) is 0. The fourth-order valence-corrected chi connectivity index (χ4v) is 3.11. The standard InChI is InChI=1S/C16H26F3N/c1-3-5-6-7-15(20-12-4-2)13-8-10-14(11-9-13)16(17,18)19/h1,13-15,20H,4-12H2,2H3. The van der Waals surface area contributed by atoms with Crippen molar-refractivity contribution in [2.24, 2.45) is 11.8 Å². The first-order valence-corrected chi connectivity index (χ1v) is 7.72. The first kappa shape index (κ1) is 17.4. The Morgan fingerprint density at radius 3 is 2.40 bits per heavy atom. The SMILES string of the molecule is C#CCCCC(NCCC)C1CCC(C(F)(F)F)CC1.